The van der Waals surface area contributed by atoms with E-state index in [0.717, 1.165) is 10.6 Å². The predicted molar refractivity (Wildman–Crippen MR) is 69.3 cm³/mol. The van der Waals surface area contributed by atoms with E-state index in [1.54, 1.807) is 0 Å². The van der Waals surface area contributed by atoms with E-state index in [2.05, 4.69) is 0 Å². The summed E-state index contributed by atoms with van der Waals surface area (Å²) in [7, 11) is 0. The number of hydrogen-bond acceptors (Lipinski definition) is 2. The van der Waals surface area contributed by atoms with Crippen LogP contribution in [0.4, 0.5) is 0 Å². The molecule has 0 saturated carbocycles. The van der Waals surface area contributed by atoms with Gasteiger partial charge in [-0.2, -0.15) is 0 Å². The van der Waals surface area contributed by atoms with Gasteiger partial charge in [-0.3, -0.25) is 0 Å². The van der Waals surface area contributed by atoms with Crippen molar-refractivity contribution in [2.45, 2.75) is 50.9 Å². The van der Waals surface area contributed by atoms with E-state index in [0.29, 0.717) is 19.3 Å². The van der Waals surface area contributed by atoms with Crippen LogP contribution in [0.15, 0.2) is 24.3 Å². The van der Waals surface area contributed by atoms with Crippen LogP contribution in [0.5, 0.6) is 0 Å². The van der Waals surface area contributed by atoms with Gasteiger partial charge in [0.1, 0.15) is 0 Å². The van der Waals surface area contributed by atoms with Gasteiger partial charge in [0.15, 0.2) is 0 Å². The number of halogens is 1. The van der Waals surface area contributed by atoms with Crippen LogP contribution in [-0.4, -0.2) is 22.9 Å². The molecule has 1 fully saturated rings. The van der Waals surface area contributed by atoms with Crippen molar-refractivity contribution in [3.05, 3.63) is 34.9 Å². The van der Waals surface area contributed by atoms with Gasteiger partial charge in [-0.05, 0) is 31.5 Å². The molecule has 3 heteroatoms. The number of ether oxygens (including phenoxy) is 1. The zero-order valence-corrected chi connectivity index (χ0v) is 11.1. The molecule has 0 radical (unpaired) electrons. The minimum absolute atomic E-state index is 0.114. The fourth-order valence-corrected chi connectivity index (χ4v) is 3.03. The fraction of sp³-hybridized carbons (Fsp3) is 0.571. The summed E-state index contributed by atoms with van der Waals surface area (Å²) in [6.07, 6.45) is 2.24. The van der Waals surface area contributed by atoms with E-state index in [4.69, 9.17) is 16.3 Å². The van der Waals surface area contributed by atoms with Gasteiger partial charge in [-0.1, -0.05) is 23.7 Å². The number of hydrogen-bond donors (Lipinski definition) is 1. The average Bonchev–Trinajstić information content (AvgIpc) is 2.13. The van der Waals surface area contributed by atoms with Gasteiger partial charge in [-0.15, -0.1) is 0 Å². The summed E-state index contributed by atoms with van der Waals surface area (Å²) in [6.45, 7) is 4.03. The summed E-state index contributed by atoms with van der Waals surface area (Å²) < 4.78 is 5.66. The second-order valence-corrected chi connectivity index (χ2v) is 5.63. The minimum Gasteiger partial charge on any atom is -0.389 e. The van der Waals surface area contributed by atoms with Crippen LogP contribution in [0.25, 0.3) is 0 Å². The lowest BCUT2D eigenvalue weighted by Crippen LogP contribution is -2.44. The van der Waals surface area contributed by atoms with Crippen molar-refractivity contribution < 1.29 is 9.84 Å². The molecule has 1 aliphatic heterocycles. The van der Waals surface area contributed by atoms with Crippen molar-refractivity contribution in [1.29, 1.82) is 0 Å². The molecule has 2 atom stereocenters. The number of aliphatic hydroxyl groups is 1. The second-order valence-electron chi connectivity index (χ2n) is 5.20. The Balaban J connectivity index is 2.11. The van der Waals surface area contributed by atoms with Crippen LogP contribution >= 0.6 is 11.6 Å². The van der Waals surface area contributed by atoms with Gasteiger partial charge in [0.25, 0.3) is 0 Å². The Bertz CT molecular complexity index is 382. The summed E-state index contributed by atoms with van der Waals surface area (Å²) >= 11 is 5.96. The first-order chi connectivity index (χ1) is 7.97. The molecule has 0 amide bonds. The topological polar surface area (TPSA) is 29.5 Å². The van der Waals surface area contributed by atoms with E-state index < -0.39 is 5.60 Å². The normalized spacial score (nSPS) is 33.6. The third-order valence-corrected chi connectivity index (χ3v) is 3.46. The minimum atomic E-state index is -0.665. The molecular weight excluding hydrogens is 236 g/mol. The number of rotatable bonds is 2. The highest BCUT2D eigenvalue weighted by molar-refractivity contribution is 6.30. The molecule has 0 aliphatic carbocycles. The molecular formula is C14H19ClO2. The summed E-state index contributed by atoms with van der Waals surface area (Å²) in [5, 5.41) is 11.4. The Hall–Kier alpha value is -0.570. The monoisotopic (exact) mass is 254 g/mol. The van der Waals surface area contributed by atoms with Crippen LogP contribution < -0.4 is 0 Å². The van der Waals surface area contributed by atoms with Gasteiger partial charge in [0, 0.05) is 24.3 Å². The van der Waals surface area contributed by atoms with Crippen LogP contribution in [0.3, 0.4) is 0 Å². The van der Waals surface area contributed by atoms with E-state index in [9.17, 15) is 5.11 Å². The molecule has 0 bridgehead atoms. The maximum absolute atomic E-state index is 10.6. The standard InChI is InChI=1S/C14H19ClO2/c1-10-7-14(16,8-11(2)17-10)9-12-4-3-5-13(15)6-12/h3-6,10-11,16H,7-9H2,1-2H3. The Labute approximate surface area is 108 Å². The quantitative estimate of drug-likeness (QED) is 0.878. The molecule has 0 aromatic heterocycles. The van der Waals surface area contributed by atoms with Crippen LogP contribution in [-0.2, 0) is 11.2 Å². The molecule has 0 spiro atoms. The maximum atomic E-state index is 10.6. The molecule has 2 rings (SSSR count). The van der Waals surface area contributed by atoms with Gasteiger partial charge >= 0.3 is 0 Å². The van der Waals surface area contributed by atoms with Gasteiger partial charge in [0.2, 0.25) is 0 Å². The Morgan fingerprint density at radius 2 is 2.00 bits per heavy atom. The highest BCUT2D eigenvalue weighted by Crippen LogP contribution is 2.32. The fourth-order valence-electron chi connectivity index (χ4n) is 2.82. The molecule has 17 heavy (non-hydrogen) atoms. The van der Waals surface area contributed by atoms with Crippen molar-refractivity contribution in [3.63, 3.8) is 0 Å². The van der Waals surface area contributed by atoms with Crippen molar-refractivity contribution in [3.8, 4) is 0 Å². The van der Waals surface area contributed by atoms with Crippen molar-refractivity contribution in [1.82, 2.24) is 0 Å². The molecule has 1 aliphatic rings. The molecule has 1 aromatic rings. The highest BCUT2D eigenvalue weighted by atomic mass is 35.5. The average molecular weight is 255 g/mol. The smallest absolute Gasteiger partial charge is 0.0737 e. The zero-order chi connectivity index (χ0) is 12.5. The first-order valence-electron chi connectivity index (χ1n) is 6.09. The Kier molecular flexibility index (Phi) is 3.76. The predicted octanol–water partition coefficient (Wildman–Crippen LogP) is 3.20. The molecule has 1 N–H and O–H groups in total. The van der Waals surface area contributed by atoms with Crippen LogP contribution in [0.2, 0.25) is 5.02 Å². The third kappa shape index (κ3) is 3.44. The summed E-state index contributed by atoms with van der Waals surface area (Å²) in [5.41, 5.74) is 0.420. The molecule has 2 nitrogen and oxygen atoms in total. The lowest BCUT2D eigenvalue weighted by molar-refractivity contribution is -0.130. The van der Waals surface area contributed by atoms with E-state index in [1.807, 2.05) is 38.1 Å². The Morgan fingerprint density at radius 1 is 1.35 bits per heavy atom. The molecule has 94 valence electrons. The first kappa shape index (κ1) is 12.9. The first-order valence-corrected chi connectivity index (χ1v) is 6.47. The molecule has 2 unspecified atom stereocenters. The molecule has 1 aromatic carbocycles. The maximum Gasteiger partial charge on any atom is 0.0737 e. The van der Waals surface area contributed by atoms with E-state index in [1.165, 1.54) is 0 Å². The van der Waals surface area contributed by atoms with Crippen molar-refractivity contribution >= 4 is 11.6 Å². The van der Waals surface area contributed by atoms with Gasteiger partial charge in [-0.25, -0.2) is 0 Å². The van der Waals surface area contributed by atoms with E-state index >= 15 is 0 Å². The van der Waals surface area contributed by atoms with Crippen molar-refractivity contribution in [2.75, 3.05) is 0 Å². The summed E-state index contributed by atoms with van der Waals surface area (Å²) in [6, 6.07) is 7.70. The largest absolute Gasteiger partial charge is 0.389 e. The van der Waals surface area contributed by atoms with Crippen molar-refractivity contribution in [2.24, 2.45) is 0 Å². The number of benzene rings is 1. The second kappa shape index (κ2) is 4.97. The lowest BCUT2D eigenvalue weighted by Gasteiger charge is -2.39. The molecule has 1 saturated heterocycles. The van der Waals surface area contributed by atoms with E-state index in [-0.39, 0.29) is 12.2 Å². The summed E-state index contributed by atoms with van der Waals surface area (Å²) in [5.74, 6) is 0. The van der Waals surface area contributed by atoms with Crippen LogP contribution in [0.1, 0.15) is 32.3 Å². The third-order valence-electron chi connectivity index (χ3n) is 3.22. The van der Waals surface area contributed by atoms with Crippen LogP contribution in [0, 0.1) is 0 Å². The lowest BCUT2D eigenvalue weighted by atomic mass is 9.82. The SMILES string of the molecule is CC1CC(O)(Cc2cccc(Cl)c2)CC(C)O1. The van der Waals surface area contributed by atoms with Gasteiger partial charge < -0.3 is 9.84 Å². The molecule has 1 heterocycles. The highest BCUT2D eigenvalue weighted by Gasteiger charge is 2.36. The zero-order valence-electron chi connectivity index (χ0n) is 10.3. The summed E-state index contributed by atoms with van der Waals surface area (Å²) in [4.78, 5) is 0. The Morgan fingerprint density at radius 3 is 2.59 bits per heavy atom. The van der Waals surface area contributed by atoms with Gasteiger partial charge in [0.05, 0.1) is 17.8 Å².